The van der Waals surface area contributed by atoms with E-state index in [0.717, 1.165) is 43.3 Å². The Morgan fingerprint density at radius 3 is 3.14 bits per heavy atom. The van der Waals surface area contributed by atoms with Crippen molar-refractivity contribution in [2.75, 3.05) is 25.1 Å². The first-order valence-corrected chi connectivity index (χ1v) is 7.28. The molecule has 2 unspecified atom stereocenters. The summed E-state index contributed by atoms with van der Waals surface area (Å²) in [6.45, 7) is 2.26. The number of rotatable bonds is 3. The van der Waals surface area contributed by atoms with Gasteiger partial charge in [-0.15, -0.1) is 0 Å². The molecular formula is C15H17N3O3. The molecule has 1 N–H and O–H groups in total. The van der Waals surface area contributed by atoms with Crippen molar-refractivity contribution in [1.29, 1.82) is 0 Å². The number of fused-ring (bicyclic) bond motifs is 1. The number of nitrogens with zero attached hydrogens (tertiary/aromatic N) is 2. The number of anilines is 1. The molecule has 6 heteroatoms. The van der Waals surface area contributed by atoms with Crippen molar-refractivity contribution >= 4 is 5.69 Å². The van der Waals surface area contributed by atoms with Crippen molar-refractivity contribution in [2.24, 2.45) is 5.92 Å². The zero-order valence-electron chi connectivity index (χ0n) is 11.6. The average molecular weight is 287 g/mol. The second-order valence-corrected chi connectivity index (χ2v) is 5.47. The van der Waals surface area contributed by atoms with Crippen LogP contribution in [0.5, 0.6) is 5.75 Å². The minimum atomic E-state index is -0.235. The molecule has 1 fully saturated rings. The molecule has 21 heavy (non-hydrogen) atoms. The fraction of sp³-hybridized carbons (Fsp3) is 0.467. The Bertz CT molecular complexity index is 622. The van der Waals surface area contributed by atoms with Gasteiger partial charge in [0.05, 0.1) is 12.2 Å². The highest BCUT2D eigenvalue weighted by molar-refractivity contribution is 5.57. The maximum absolute atomic E-state index is 5.92. The van der Waals surface area contributed by atoms with Crippen LogP contribution in [0.2, 0.25) is 0 Å². The van der Waals surface area contributed by atoms with Gasteiger partial charge < -0.3 is 19.3 Å². The van der Waals surface area contributed by atoms with Crippen LogP contribution in [0.25, 0.3) is 0 Å². The van der Waals surface area contributed by atoms with Gasteiger partial charge in [-0.2, -0.15) is 4.98 Å². The minimum Gasteiger partial charge on any atom is -0.477 e. The van der Waals surface area contributed by atoms with Crippen LogP contribution in [0.3, 0.4) is 0 Å². The van der Waals surface area contributed by atoms with E-state index in [2.05, 4.69) is 15.5 Å². The third-order valence-corrected chi connectivity index (χ3v) is 3.89. The highest BCUT2D eigenvalue weighted by Crippen LogP contribution is 2.33. The van der Waals surface area contributed by atoms with Crippen molar-refractivity contribution in [3.05, 3.63) is 36.0 Å². The second-order valence-electron chi connectivity index (χ2n) is 5.47. The molecular weight excluding hydrogens is 270 g/mol. The largest absolute Gasteiger partial charge is 0.477 e. The summed E-state index contributed by atoms with van der Waals surface area (Å²) in [5, 5.41) is 7.38. The molecule has 0 saturated carbocycles. The maximum atomic E-state index is 5.92. The Morgan fingerprint density at radius 1 is 1.29 bits per heavy atom. The van der Waals surface area contributed by atoms with Gasteiger partial charge in [-0.25, -0.2) is 0 Å². The van der Waals surface area contributed by atoms with Crippen molar-refractivity contribution in [3.8, 4) is 5.75 Å². The second kappa shape index (κ2) is 5.37. The van der Waals surface area contributed by atoms with Gasteiger partial charge in [-0.05, 0) is 24.5 Å². The van der Waals surface area contributed by atoms with Crippen LogP contribution >= 0.6 is 0 Å². The van der Waals surface area contributed by atoms with Crippen molar-refractivity contribution in [1.82, 2.24) is 10.1 Å². The normalized spacial score (nSPS) is 24.2. The summed E-state index contributed by atoms with van der Waals surface area (Å²) in [6.07, 6.45) is 1.64. The summed E-state index contributed by atoms with van der Waals surface area (Å²) in [7, 11) is 0. The molecule has 6 nitrogen and oxygen atoms in total. The van der Waals surface area contributed by atoms with E-state index in [-0.39, 0.29) is 6.10 Å². The van der Waals surface area contributed by atoms with E-state index in [1.165, 1.54) is 0 Å². The van der Waals surface area contributed by atoms with Crippen LogP contribution in [0, 0.1) is 5.92 Å². The van der Waals surface area contributed by atoms with E-state index < -0.39 is 0 Å². The van der Waals surface area contributed by atoms with Gasteiger partial charge in [-0.1, -0.05) is 17.3 Å². The van der Waals surface area contributed by atoms with Crippen LogP contribution in [0.15, 0.2) is 28.8 Å². The number of nitrogens with one attached hydrogen (secondary N) is 1. The lowest BCUT2D eigenvalue weighted by Crippen LogP contribution is -2.23. The molecule has 0 bridgehead atoms. The molecule has 1 saturated heterocycles. The van der Waals surface area contributed by atoms with E-state index in [0.29, 0.717) is 18.4 Å². The topological polar surface area (TPSA) is 69.4 Å². The predicted molar refractivity (Wildman–Crippen MR) is 75.2 cm³/mol. The van der Waals surface area contributed by atoms with Crippen molar-refractivity contribution in [3.63, 3.8) is 0 Å². The summed E-state index contributed by atoms with van der Waals surface area (Å²) in [4.78, 5) is 4.47. The standard InChI is InChI=1S/C15H17N3O3/c1-2-4-12-11(3-1)16-8-13(20-12)15-17-14(18-21-15)7-10-5-6-19-9-10/h1-4,10,13,16H,5-9H2. The zero-order valence-corrected chi connectivity index (χ0v) is 11.6. The molecule has 2 atom stereocenters. The van der Waals surface area contributed by atoms with Gasteiger partial charge in [0.1, 0.15) is 5.75 Å². The molecule has 0 amide bonds. The molecule has 2 aliphatic heterocycles. The molecule has 4 rings (SSSR count). The van der Waals surface area contributed by atoms with Gasteiger partial charge in [0.15, 0.2) is 11.9 Å². The lowest BCUT2D eigenvalue weighted by Gasteiger charge is -2.24. The van der Waals surface area contributed by atoms with Crippen molar-refractivity contribution < 1.29 is 14.0 Å². The van der Waals surface area contributed by atoms with E-state index in [4.69, 9.17) is 14.0 Å². The van der Waals surface area contributed by atoms with Gasteiger partial charge in [0, 0.05) is 19.6 Å². The van der Waals surface area contributed by atoms with E-state index in [9.17, 15) is 0 Å². The van der Waals surface area contributed by atoms with Crippen LogP contribution < -0.4 is 10.1 Å². The Morgan fingerprint density at radius 2 is 2.24 bits per heavy atom. The Balaban J connectivity index is 1.46. The number of hydrogen-bond acceptors (Lipinski definition) is 6. The first-order valence-electron chi connectivity index (χ1n) is 7.28. The molecule has 0 aliphatic carbocycles. The van der Waals surface area contributed by atoms with Crippen molar-refractivity contribution in [2.45, 2.75) is 18.9 Å². The minimum absolute atomic E-state index is 0.235. The Labute approximate surface area is 122 Å². The number of ether oxygens (including phenoxy) is 2. The molecule has 110 valence electrons. The van der Waals surface area contributed by atoms with Crippen LogP contribution in [0.1, 0.15) is 24.2 Å². The number of benzene rings is 1. The molecule has 1 aromatic heterocycles. The summed E-state index contributed by atoms with van der Waals surface area (Å²) in [5.74, 6) is 2.59. The molecule has 1 aromatic carbocycles. The number of hydrogen-bond donors (Lipinski definition) is 1. The monoisotopic (exact) mass is 287 g/mol. The predicted octanol–water partition coefficient (Wildman–Crippen LogP) is 2.19. The van der Waals surface area contributed by atoms with Gasteiger partial charge in [0.2, 0.25) is 0 Å². The summed E-state index contributed by atoms with van der Waals surface area (Å²) in [5.41, 5.74) is 0.997. The Hall–Kier alpha value is -2.08. The lowest BCUT2D eigenvalue weighted by molar-refractivity contribution is 0.162. The number of aromatic nitrogens is 2. The molecule has 2 aromatic rings. The fourth-order valence-corrected chi connectivity index (χ4v) is 2.73. The van der Waals surface area contributed by atoms with Gasteiger partial charge >= 0.3 is 0 Å². The number of para-hydroxylation sites is 2. The Kier molecular flexibility index (Phi) is 3.23. The van der Waals surface area contributed by atoms with E-state index >= 15 is 0 Å². The zero-order chi connectivity index (χ0) is 14.1. The third kappa shape index (κ3) is 2.58. The molecule has 3 heterocycles. The summed E-state index contributed by atoms with van der Waals surface area (Å²) < 4.78 is 16.7. The summed E-state index contributed by atoms with van der Waals surface area (Å²) in [6, 6.07) is 7.85. The molecule has 2 aliphatic rings. The van der Waals surface area contributed by atoms with Crippen LogP contribution in [-0.2, 0) is 11.2 Å². The quantitative estimate of drug-likeness (QED) is 0.933. The SMILES string of the molecule is c1ccc2c(c1)NCC(c1nc(CC3CCOC3)no1)O2. The summed E-state index contributed by atoms with van der Waals surface area (Å²) >= 11 is 0. The highest BCUT2D eigenvalue weighted by atomic mass is 16.5. The average Bonchev–Trinajstić information content (AvgIpc) is 3.19. The van der Waals surface area contributed by atoms with Gasteiger partial charge in [0.25, 0.3) is 5.89 Å². The maximum Gasteiger partial charge on any atom is 0.269 e. The smallest absolute Gasteiger partial charge is 0.269 e. The molecule has 0 radical (unpaired) electrons. The molecule has 0 spiro atoms. The lowest BCUT2D eigenvalue weighted by atomic mass is 10.1. The van der Waals surface area contributed by atoms with Gasteiger partial charge in [-0.3, -0.25) is 0 Å². The van der Waals surface area contributed by atoms with E-state index in [1.807, 2.05) is 24.3 Å². The van der Waals surface area contributed by atoms with Crippen LogP contribution in [0.4, 0.5) is 5.69 Å². The fourth-order valence-electron chi connectivity index (χ4n) is 2.73. The van der Waals surface area contributed by atoms with Crippen LogP contribution in [-0.4, -0.2) is 29.9 Å². The first-order chi connectivity index (χ1) is 10.4. The highest BCUT2D eigenvalue weighted by Gasteiger charge is 2.27. The van der Waals surface area contributed by atoms with E-state index in [1.54, 1.807) is 0 Å². The first kappa shape index (κ1) is 12.6. The third-order valence-electron chi connectivity index (χ3n) is 3.89.